The molecule has 0 amide bonds. The zero-order valence-corrected chi connectivity index (χ0v) is 33.1. The van der Waals surface area contributed by atoms with Crippen LogP contribution in [0.5, 0.6) is 0 Å². The topological polar surface area (TPSA) is 0 Å². The van der Waals surface area contributed by atoms with Gasteiger partial charge in [0.05, 0.1) is 9.52 Å². The van der Waals surface area contributed by atoms with Crippen LogP contribution in [0.15, 0.2) is 176 Å². The van der Waals surface area contributed by atoms with Gasteiger partial charge in [-0.15, -0.1) is 69.1 Å². The largest absolute Gasteiger partial charge is 2.00 e. The first kappa shape index (κ1) is 36.2. The van der Waals surface area contributed by atoms with E-state index in [0.717, 1.165) is 22.4 Å². The summed E-state index contributed by atoms with van der Waals surface area (Å²) in [6.45, 7) is 6.62. The molecule has 0 unspecified atom stereocenters. The molecule has 9 aromatic rings. The van der Waals surface area contributed by atoms with Crippen molar-refractivity contribution in [3.63, 3.8) is 0 Å². The van der Waals surface area contributed by atoms with E-state index in [1.54, 1.807) is 0 Å². The van der Waals surface area contributed by atoms with Gasteiger partial charge in [0.2, 0.25) is 0 Å². The fraction of sp³-hybridized carbons (Fsp3) is 0.102. The van der Waals surface area contributed by atoms with Crippen molar-refractivity contribution in [1.82, 2.24) is 0 Å². The van der Waals surface area contributed by atoms with Gasteiger partial charge < -0.3 is 0 Å². The van der Waals surface area contributed by atoms with Gasteiger partial charge in [0, 0.05) is 0 Å². The maximum atomic E-state index is 2.34. The summed E-state index contributed by atoms with van der Waals surface area (Å²) in [5.74, 6) is 0. The fourth-order valence-electron chi connectivity index (χ4n) is 7.00. The maximum absolute atomic E-state index is 2.34. The predicted octanol–water partition coefficient (Wildman–Crippen LogP) is 12.9. The molecule has 0 nitrogen and oxygen atoms in total. The van der Waals surface area contributed by atoms with Crippen molar-refractivity contribution < 1.29 is 26.2 Å². The molecule has 9 aromatic carbocycles. The summed E-state index contributed by atoms with van der Waals surface area (Å²) >= 11 is 0. The summed E-state index contributed by atoms with van der Waals surface area (Å²) in [5, 5.41) is 12.1. The van der Waals surface area contributed by atoms with E-state index in [-0.39, 0.29) is 26.2 Å². The Hall–Kier alpha value is -4.62. The Kier molecular flexibility index (Phi) is 12.1. The molecule has 0 fully saturated rings. The molecule has 0 aliphatic heterocycles. The molecule has 2 heteroatoms. The van der Waals surface area contributed by atoms with Crippen molar-refractivity contribution in [2.24, 2.45) is 0 Å². The van der Waals surface area contributed by atoms with E-state index in [2.05, 4.69) is 190 Å². The first-order valence-electron chi connectivity index (χ1n) is 17.7. The first-order valence-corrected chi connectivity index (χ1v) is 19.2. The van der Waals surface area contributed by atoms with E-state index >= 15 is 0 Å². The predicted molar refractivity (Wildman–Crippen MR) is 221 cm³/mol. The van der Waals surface area contributed by atoms with Gasteiger partial charge in [0.15, 0.2) is 0 Å². The van der Waals surface area contributed by atoms with Gasteiger partial charge >= 0.3 is 26.2 Å². The summed E-state index contributed by atoms with van der Waals surface area (Å²) in [6.07, 6.45) is 2.17. The molecule has 0 aliphatic rings. The van der Waals surface area contributed by atoms with Crippen LogP contribution in [0.3, 0.4) is 0 Å². The number of rotatable bonds is 5. The van der Waals surface area contributed by atoms with E-state index in [9.17, 15) is 0 Å². The van der Waals surface area contributed by atoms with Gasteiger partial charge in [-0.25, -0.2) is 0 Å². The van der Waals surface area contributed by atoms with Crippen molar-refractivity contribution in [3.05, 3.63) is 187 Å². The molecule has 0 heterocycles. The quantitative estimate of drug-likeness (QED) is 0.121. The van der Waals surface area contributed by atoms with E-state index in [1.807, 2.05) is 6.07 Å². The third-order valence-corrected chi connectivity index (χ3v) is 10.6. The first-order chi connectivity index (χ1) is 24.7. The molecule has 9 rings (SSSR count). The molecule has 0 N–H and O–H groups in total. The van der Waals surface area contributed by atoms with Gasteiger partial charge in [-0.1, -0.05) is 164 Å². The second-order valence-electron chi connectivity index (χ2n) is 12.7. The van der Waals surface area contributed by atoms with Crippen LogP contribution in [0.1, 0.15) is 25.0 Å². The molecule has 246 valence electrons. The van der Waals surface area contributed by atoms with E-state index in [4.69, 9.17) is 0 Å². The summed E-state index contributed by atoms with van der Waals surface area (Å²) in [7, 11) is 0.930. The van der Waals surface area contributed by atoms with Crippen LogP contribution in [0, 0.1) is 0 Å². The van der Waals surface area contributed by atoms with Crippen molar-refractivity contribution in [3.8, 4) is 22.3 Å². The minimum absolute atomic E-state index is 0. The summed E-state index contributed by atoms with van der Waals surface area (Å²) in [5.41, 5.74) is 8.15. The van der Waals surface area contributed by atoms with Gasteiger partial charge in [0.25, 0.3) is 0 Å². The summed E-state index contributed by atoms with van der Waals surface area (Å²) in [6, 6.07) is 63.4. The Morgan fingerprint density at radius 1 is 0.412 bits per heavy atom. The molecule has 0 saturated heterocycles. The van der Waals surface area contributed by atoms with Gasteiger partial charge in [-0.2, -0.15) is 12.1 Å². The minimum atomic E-state index is 0. The van der Waals surface area contributed by atoms with Gasteiger partial charge in [0.1, 0.15) is 0 Å². The standard InChI is InChI=1S/2C21H17.C7H8Si.Zr/c2*1-2-15-13-17-9-6-12-20(21(17)14-15)19-11-5-8-16-7-3-4-10-18(16)19;1-8-7-5-3-2-4-6-7;/h2*3-14H,2H2,1H3;2-6H,1H3;/q2*-1;;+2. The van der Waals surface area contributed by atoms with Crippen molar-refractivity contribution in [2.45, 2.75) is 33.2 Å². The Balaban J connectivity index is 0.000000143. The van der Waals surface area contributed by atoms with Crippen LogP contribution >= 0.6 is 0 Å². The van der Waals surface area contributed by atoms with E-state index < -0.39 is 0 Å². The molecule has 0 aromatic heterocycles. The molecule has 0 spiro atoms. The third kappa shape index (κ3) is 7.99. The van der Waals surface area contributed by atoms with Gasteiger partial charge in [-0.05, 0) is 45.5 Å². The van der Waals surface area contributed by atoms with E-state index in [1.165, 1.54) is 81.7 Å². The minimum Gasteiger partial charge on any atom is -0.164 e. The Morgan fingerprint density at radius 3 is 1.20 bits per heavy atom. The van der Waals surface area contributed by atoms with Crippen LogP contribution < -0.4 is 5.19 Å². The van der Waals surface area contributed by atoms with Crippen molar-refractivity contribution in [1.29, 1.82) is 0 Å². The smallest absolute Gasteiger partial charge is 0.164 e. The zero-order valence-electron chi connectivity index (χ0n) is 29.7. The maximum Gasteiger partial charge on any atom is 2.00 e. The molecule has 0 aliphatic carbocycles. The monoisotopic (exact) mass is 748 g/mol. The Morgan fingerprint density at radius 2 is 0.784 bits per heavy atom. The van der Waals surface area contributed by atoms with Crippen molar-refractivity contribution in [2.75, 3.05) is 0 Å². The average Bonchev–Trinajstić information content (AvgIpc) is 3.83. The molecule has 0 atom stereocenters. The van der Waals surface area contributed by atoms with Crippen molar-refractivity contribution >= 4 is 57.8 Å². The number of aryl methyl sites for hydroxylation is 2. The molecule has 0 saturated carbocycles. The van der Waals surface area contributed by atoms with Gasteiger partial charge in [-0.3, -0.25) is 0 Å². The molecule has 51 heavy (non-hydrogen) atoms. The van der Waals surface area contributed by atoms with Crippen LogP contribution in [0.25, 0.3) is 65.3 Å². The Labute approximate surface area is 324 Å². The Bertz CT molecular complexity index is 2330. The SMILES string of the molecule is CCc1cc2c(-c3cccc4ccccc34)cccc2[cH-]1.CCc1cc2c(-c3cccc4ccccc34)cccc2[cH-]1.C[Si]c1ccccc1.[Zr+2]. The third-order valence-electron chi connectivity index (χ3n) is 9.66. The molecule has 0 bridgehead atoms. The average molecular weight is 750 g/mol. The van der Waals surface area contributed by atoms with Crippen LogP contribution in [-0.2, 0) is 39.0 Å². The van der Waals surface area contributed by atoms with Crippen LogP contribution in [0.2, 0.25) is 6.55 Å². The summed E-state index contributed by atoms with van der Waals surface area (Å²) < 4.78 is 0. The number of benzene rings is 7. The zero-order chi connectivity index (χ0) is 34.3. The normalized spacial score (nSPS) is 10.7. The number of fused-ring (bicyclic) bond motifs is 4. The summed E-state index contributed by atoms with van der Waals surface area (Å²) in [4.78, 5) is 0. The number of hydrogen-bond donors (Lipinski definition) is 0. The molecular weight excluding hydrogens is 708 g/mol. The molecule has 2 radical (unpaired) electrons. The second kappa shape index (κ2) is 17.1. The fourth-order valence-corrected chi connectivity index (χ4v) is 7.52. The second-order valence-corrected chi connectivity index (χ2v) is 13.8. The van der Waals surface area contributed by atoms with Crippen LogP contribution in [-0.4, -0.2) is 9.52 Å². The van der Waals surface area contributed by atoms with Crippen LogP contribution in [0.4, 0.5) is 0 Å². The molecular formula is C49H42SiZr. The van der Waals surface area contributed by atoms with E-state index in [0.29, 0.717) is 0 Å². The number of hydrogen-bond acceptors (Lipinski definition) is 0.